The standard InChI is InChI=1S/C43H67N11O7/c1-28(2)43(40(59)46-26-36-51-53-54-52-36,50-37(56)21-15-9-12-18-30-16-10-7-11-17-30)29(3)35(55)25-45-38(57)34(23-32-24-44-27-47-32)48-39(58)33(22-31-19-13-8-14-20-31)49-41(60)61-42(4,5)6/h8,13-14,19-20,24,27-30,33-35,55H,7,9-12,15-18,21-23,25-26H2,1-6H3,(H,44,47)(H,45,57)(H,46,59)(H,48,58)(H,49,60)(H,50,56)(H,51,52,53,54)/t29-,33-,34-,35?,43-/m0/s1. The molecule has 8 N–H and O–H groups in total. The quantitative estimate of drug-likeness (QED) is 0.0640. The third-order valence-corrected chi connectivity index (χ3v) is 11.4. The number of nitrogens with one attached hydrogen (secondary N) is 7. The summed E-state index contributed by atoms with van der Waals surface area (Å²) < 4.78 is 5.43. The molecule has 2 heterocycles. The number of carbonyl (C=O) groups excluding carboxylic acids is 5. The largest absolute Gasteiger partial charge is 0.444 e. The highest BCUT2D eigenvalue weighted by Crippen LogP contribution is 2.31. The maximum absolute atomic E-state index is 14.2. The van der Waals surface area contributed by atoms with Crippen LogP contribution >= 0.6 is 0 Å². The van der Waals surface area contributed by atoms with E-state index in [0.29, 0.717) is 12.1 Å². The van der Waals surface area contributed by atoms with Crippen LogP contribution in [0.1, 0.15) is 123 Å². The lowest BCUT2D eigenvalue weighted by Crippen LogP contribution is -2.68. The summed E-state index contributed by atoms with van der Waals surface area (Å²) in [5.74, 6) is -2.61. The summed E-state index contributed by atoms with van der Waals surface area (Å²) in [5, 5.41) is 39.5. The van der Waals surface area contributed by atoms with Crippen LogP contribution in [0.2, 0.25) is 0 Å². The number of tetrazole rings is 1. The van der Waals surface area contributed by atoms with Crippen LogP contribution in [0.15, 0.2) is 42.9 Å². The number of aliphatic hydroxyl groups excluding tert-OH is 1. The maximum Gasteiger partial charge on any atom is 0.408 e. The summed E-state index contributed by atoms with van der Waals surface area (Å²) in [5.41, 5.74) is -1.13. The molecule has 4 rings (SSSR count). The molecule has 1 saturated carbocycles. The second kappa shape index (κ2) is 23.6. The molecule has 5 atom stereocenters. The van der Waals surface area contributed by atoms with Crippen molar-refractivity contribution in [2.45, 2.75) is 154 Å². The number of imidazole rings is 1. The smallest absolute Gasteiger partial charge is 0.408 e. The van der Waals surface area contributed by atoms with Crippen LogP contribution in [-0.2, 0) is 43.3 Å². The monoisotopic (exact) mass is 850 g/mol. The minimum Gasteiger partial charge on any atom is -0.444 e. The summed E-state index contributed by atoms with van der Waals surface area (Å²) in [6, 6.07) is 6.81. The number of amides is 5. The molecular weight excluding hydrogens is 783 g/mol. The van der Waals surface area contributed by atoms with Gasteiger partial charge in [0, 0.05) is 43.6 Å². The van der Waals surface area contributed by atoms with Crippen molar-refractivity contribution in [3.8, 4) is 0 Å². The third kappa shape index (κ3) is 15.5. The molecule has 1 aliphatic rings. The fraction of sp³-hybridized carbons (Fsp3) is 0.651. The molecule has 336 valence electrons. The number of unbranched alkanes of at least 4 members (excludes halogenated alkanes) is 2. The van der Waals surface area contributed by atoms with Crippen molar-refractivity contribution >= 4 is 29.7 Å². The van der Waals surface area contributed by atoms with Crippen LogP contribution < -0.4 is 26.6 Å². The van der Waals surface area contributed by atoms with E-state index in [1.54, 1.807) is 41.5 Å². The molecule has 61 heavy (non-hydrogen) atoms. The number of rotatable bonds is 23. The Bertz CT molecular complexity index is 1800. The van der Waals surface area contributed by atoms with E-state index in [2.05, 4.69) is 57.2 Å². The Morgan fingerprint density at radius 2 is 1.62 bits per heavy atom. The molecule has 1 aliphatic carbocycles. The fourth-order valence-corrected chi connectivity index (χ4v) is 7.95. The van der Waals surface area contributed by atoms with Gasteiger partial charge in [-0.05, 0) is 44.6 Å². The van der Waals surface area contributed by atoms with E-state index in [1.165, 1.54) is 44.6 Å². The molecule has 18 heteroatoms. The molecule has 18 nitrogen and oxygen atoms in total. The minimum absolute atomic E-state index is 0.00114. The highest BCUT2D eigenvalue weighted by Gasteiger charge is 2.50. The molecule has 0 aliphatic heterocycles. The number of H-pyrrole nitrogens is 2. The minimum atomic E-state index is -1.62. The van der Waals surface area contributed by atoms with Gasteiger partial charge in [0.2, 0.25) is 23.6 Å². The number of carbonyl (C=O) groups is 5. The molecule has 0 bridgehead atoms. The molecule has 3 aromatic rings. The van der Waals surface area contributed by atoms with Crippen LogP contribution in [0.3, 0.4) is 0 Å². The van der Waals surface area contributed by atoms with Crippen molar-refractivity contribution in [3.63, 3.8) is 0 Å². The van der Waals surface area contributed by atoms with E-state index in [4.69, 9.17) is 4.74 Å². The van der Waals surface area contributed by atoms with E-state index in [0.717, 1.165) is 30.7 Å². The van der Waals surface area contributed by atoms with Crippen LogP contribution in [0.4, 0.5) is 4.79 Å². The number of nitrogens with zero attached hydrogens (tertiary/aromatic N) is 4. The summed E-state index contributed by atoms with van der Waals surface area (Å²) in [6.07, 6.45) is 11.4. The van der Waals surface area contributed by atoms with Crippen molar-refractivity contribution in [1.29, 1.82) is 0 Å². The lowest BCUT2D eigenvalue weighted by Gasteiger charge is -2.43. The highest BCUT2D eigenvalue weighted by atomic mass is 16.6. The summed E-state index contributed by atoms with van der Waals surface area (Å²) in [7, 11) is 0. The Kier molecular flexibility index (Phi) is 18.7. The number of hydrogen-bond acceptors (Lipinski definition) is 11. The van der Waals surface area contributed by atoms with Gasteiger partial charge >= 0.3 is 6.09 Å². The van der Waals surface area contributed by atoms with E-state index in [9.17, 15) is 29.1 Å². The fourth-order valence-electron chi connectivity index (χ4n) is 7.95. The Labute approximate surface area is 358 Å². The lowest BCUT2D eigenvalue weighted by molar-refractivity contribution is -0.141. The molecule has 0 saturated heterocycles. The number of aromatic amines is 2. The van der Waals surface area contributed by atoms with Gasteiger partial charge in [0.25, 0.3) is 0 Å². The van der Waals surface area contributed by atoms with Gasteiger partial charge in [0.1, 0.15) is 23.2 Å². The Balaban J connectivity index is 1.48. The SMILES string of the molecule is CC(C)[C@@](NC(=O)CCCCCC1CCCCC1)(C(=O)NCc1nn[nH]n1)[C@@H](C)C(O)CNC(=O)[C@H](Cc1cnc[nH]1)NC(=O)[C@H](Cc1ccccc1)NC(=O)OC(C)(C)C. The van der Waals surface area contributed by atoms with Crippen LogP contribution in [0.5, 0.6) is 0 Å². The van der Waals surface area contributed by atoms with Gasteiger partial charge < -0.3 is 41.4 Å². The van der Waals surface area contributed by atoms with E-state index < -0.39 is 65.0 Å². The molecule has 2 aromatic heterocycles. The summed E-state index contributed by atoms with van der Waals surface area (Å²) >= 11 is 0. The first-order valence-corrected chi connectivity index (χ1v) is 21.7. The van der Waals surface area contributed by atoms with Gasteiger partial charge in [-0.25, -0.2) is 9.78 Å². The average Bonchev–Trinajstić information content (AvgIpc) is 3.95. The van der Waals surface area contributed by atoms with Gasteiger partial charge in [0.15, 0.2) is 5.82 Å². The van der Waals surface area contributed by atoms with Gasteiger partial charge in [-0.1, -0.05) is 108 Å². The normalized spacial score (nSPS) is 16.3. The zero-order chi connectivity index (χ0) is 44.4. The predicted molar refractivity (Wildman–Crippen MR) is 227 cm³/mol. The first kappa shape index (κ1) is 48.3. The topological polar surface area (TPSA) is 258 Å². The zero-order valence-electron chi connectivity index (χ0n) is 36.6. The zero-order valence-corrected chi connectivity index (χ0v) is 36.6. The van der Waals surface area contributed by atoms with Crippen molar-refractivity contribution in [2.24, 2.45) is 17.8 Å². The Morgan fingerprint density at radius 3 is 2.26 bits per heavy atom. The lowest BCUT2D eigenvalue weighted by atomic mass is 9.72. The number of alkyl carbamates (subject to hydrolysis) is 1. The molecular formula is C43H67N11O7. The van der Waals surface area contributed by atoms with Gasteiger partial charge in [-0.15, -0.1) is 10.2 Å². The van der Waals surface area contributed by atoms with E-state index in [-0.39, 0.29) is 44.1 Å². The van der Waals surface area contributed by atoms with Gasteiger partial charge in [-0.2, -0.15) is 5.21 Å². The molecule has 0 radical (unpaired) electrons. The molecule has 1 fully saturated rings. The number of aliphatic hydroxyl groups is 1. The summed E-state index contributed by atoms with van der Waals surface area (Å²) in [4.78, 5) is 75.6. The summed E-state index contributed by atoms with van der Waals surface area (Å²) in [6.45, 7) is 9.93. The second-order valence-electron chi connectivity index (χ2n) is 17.5. The van der Waals surface area contributed by atoms with E-state index in [1.807, 2.05) is 30.3 Å². The molecule has 1 unspecified atom stereocenters. The first-order valence-electron chi connectivity index (χ1n) is 21.7. The van der Waals surface area contributed by atoms with Crippen molar-refractivity contribution in [3.05, 3.63) is 59.9 Å². The Morgan fingerprint density at radius 1 is 0.902 bits per heavy atom. The maximum atomic E-state index is 14.2. The average molecular weight is 850 g/mol. The van der Waals surface area contributed by atoms with E-state index >= 15 is 0 Å². The molecule has 1 aromatic carbocycles. The van der Waals surface area contributed by atoms with Gasteiger partial charge in [0.05, 0.1) is 19.0 Å². The van der Waals surface area contributed by atoms with Crippen LogP contribution in [-0.4, -0.2) is 101 Å². The number of benzene rings is 1. The molecule has 0 spiro atoms. The highest BCUT2D eigenvalue weighted by molar-refractivity contribution is 5.93. The Hall–Kier alpha value is -5.39. The third-order valence-electron chi connectivity index (χ3n) is 11.4. The second-order valence-corrected chi connectivity index (χ2v) is 17.5. The predicted octanol–water partition coefficient (Wildman–Crippen LogP) is 3.56. The van der Waals surface area contributed by atoms with Crippen LogP contribution in [0, 0.1) is 17.8 Å². The number of hydrogen-bond donors (Lipinski definition) is 8. The molecule has 5 amide bonds. The number of aromatic nitrogens is 6. The van der Waals surface area contributed by atoms with Crippen molar-refractivity contribution < 1.29 is 33.8 Å². The van der Waals surface area contributed by atoms with Crippen molar-refractivity contribution in [1.82, 2.24) is 57.2 Å². The van der Waals surface area contributed by atoms with Gasteiger partial charge in [-0.3, -0.25) is 19.2 Å². The first-order chi connectivity index (χ1) is 29.1. The van der Waals surface area contributed by atoms with Crippen molar-refractivity contribution in [2.75, 3.05) is 6.54 Å². The number of ether oxygens (including phenoxy) is 1. The van der Waals surface area contributed by atoms with Crippen LogP contribution in [0.25, 0.3) is 0 Å².